The Balaban J connectivity index is 1.60. The van der Waals surface area contributed by atoms with Crippen LogP contribution in [0.2, 0.25) is 0 Å². The molecule has 4 N–H and O–H groups in total. The third-order valence-electron chi connectivity index (χ3n) is 5.98. The fraction of sp³-hybridized carbons (Fsp3) is 0.120. The summed E-state index contributed by atoms with van der Waals surface area (Å²) in [4.78, 5) is 17.6. The van der Waals surface area contributed by atoms with E-state index in [2.05, 4.69) is 30.1 Å². The molecule has 0 unspecified atom stereocenters. The van der Waals surface area contributed by atoms with Gasteiger partial charge in [0.05, 0.1) is 23.2 Å². The first-order valence-electron chi connectivity index (χ1n) is 11.1. The van der Waals surface area contributed by atoms with E-state index in [1.54, 1.807) is 17.0 Å². The summed E-state index contributed by atoms with van der Waals surface area (Å²) in [5.74, 6) is 0.391. The Labute approximate surface area is 204 Å². The Morgan fingerprint density at radius 1 is 0.944 bits per heavy atom. The zero-order chi connectivity index (χ0) is 24.6. The molecule has 1 aliphatic heterocycles. The maximum atomic E-state index is 10.2. The Kier molecular flexibility index (Phi) is 5.23. The third kappa shape index (κ3) is 3.58. The minimum absolute atomic E-state index is 0.00915. The molecule has 1 aliphatic rings. The van der Waals surface area contributed by atoms with Crippen LogP contribution >= 0.6 is 0 Å². The lowest BCUT2D eigenvalue weighted by molar-refractivity contribution is 0.0661. The lowest BCUT2D eigenvalue weighted by atomic mass is 10.0. The van der Waals surface area contributed by atoms with Crippen molar-refractivity contribution < 1.29 is 14.9 Å². The number of aliphatic hydroxyl groups excluding tert-OH is 2. The van der Waals surface area contributed by atoms with Crippen LogP contribution in [0.4, 0.5) is 5.82 Å². The van der Waals surface area contributed by atoms with Gasteiger partial charge in [0.2, 0.25) is 0 Å². The van der Waals surface area contributed by atoms with E-state index < -0.39 is 12.8 Å². The smallest absolute Gasteiger partial charge is 0.184 e. The Morgan fingerprint density at radius 3 is 2.42 bits per heavy atom. The van der Waals surface area contributed by atoms with E-state index in [-0.39, 0.29) is 23.8 Å². The van der Waals surface area contributed by atoms with Gasteiger partial charge in [-0.1, -0.05) is 12.1 Å². The number of nitrogens with two attached hydrogens (primary N) is 1. The van der Waals surface area contributed by atoms with Gasteiger partial charge in [-0.05, 0) is 30.3 Å². The quantitative estimate of drug-likeness (QED) is 0.341. The standard InChI is InChI=1S/C25H20N8O3/c26-24-22-15(11-33(25(22)30-13-29-24)21-10-19(35)20(12-34)36-21)14-9-18(16-5-1-3-7-27-16)31-32-23(14)17-6-2-4-8-28-17/h1-9,11,13,21,34-35H,10,12H2,(H2,26,29,30)/t21-/m1/s1. The number of nitrogens with zero attached hydrogens (tertiary/aromatic N) is 7. The molecule has 11 nitrogen and oxygen atoms in total. The number of aromatic nitrogens is 7. The fourth-order valence-corrected chi connectivity index (χ4v) is 4.30. The molecule has 0 spiro atoms. The highest BCUT2D eigenvalue weighted by Gasteiger charge is 2.30. The maximum absolute atomic E-state index is 10.2. The van der Waals surface area contributed by atoms with Crippen molar-refractivity contribution in [3.05, 3.63) is 78.9 Å². The predicted octanol–water partition coefficient (Wildman–Crippen LogP) is 3.28. The first-order chi connectivity index (χ1) is 17.6. The molecule has 178 valence electrons. The molecule has 5 aromatic heterocycles. The van der Waals surface area contributed by atoms with Crippen LogP contribution in [0.5, 0.6) is 0 Å². The van der Waals surface area contributed by atoms with Crippen molar-refractivity contribution in [2.24, 2.45) is 0 Å². The lowest BCUT2D eigenvalue weighted by Gasteiger charge is -2.14. The van der Waals surface area contributed by atoms with Crippen molar-refractivity contribution in [3.8, 4) is 33.9 Å². The van der Waals surface area contributed by atoms with Gasteiger partial charge in [0, 0.05) is 29.7 Å². The van der Waals surface area contributed by atoms with E-state index in [4.69, 9.17) is 10.5 Å². The van der Waals surface area contributed by atoms with Crippen molar-refractivity contribution in [2.75, 3.05) is 12.3 Å². The van der Waals surface area contributed by atoms with Crippen molar-refractivity contribution in [1.29, 1.82) is 0 Å². The zero-order valence-electron chi connectivity index (χ0n) is 18.9. The van der Waals surface area contributed by atoms with Gasteiger partial charge >= 0.3 is 0 Å². The highest BCUT2D eigenvalue weighted by molar-refractivity contribution is 6.03. The average molecular weight is 480 g/mol. The van der Waals surface area contributed by atoms with Crippen LogP contribution in [-0.4, -0.2) is 51.5 Å². The highest BCUT2D eigenvalue weighted by Crippen LogP contribution is 2.41. The van der Waals surface area contributed by atoms with Crippen LogP contribution in [-0.2, 0) is 4.74 Å². The first kappa shape index (κ1) is 21.6. The average Bonchev–Trinajstić information content (AvgIpc) is 3.50. The molecular weight excluding hydrogens is 460 g/mol. The summed E-state index contributed by atoms with van der Waals surface area (Å²) in [5, 5.41) is 29.3. The minimum atomic E-state index is -0.624. The van der Waals surface area contributed by atoms with Crippen LogP contribution in [0.15, 0.2) is 78.9 Å². The summed E-state index contributed by atoms with van der Waals surface area (Å²) in [6, 6.07) is 13.0. The van der Waals surface area contributed by atoms with Crippen LogP contribution in [0.1, 0.15) is 12.6 Å². The number of anilines is 1. The van der Waals surface area contributed by atoms with Crippen molar-refractivity contribution in [3.63, 3.8) is 0 Å². The molecule has 0 saturated heterocycles. The highest BCUT2D eigenvalue weighted by atomic mass is 16.5. The molecular formula is C25H20N8O3. The van der Waals surface area contributed by atoms with Crippen LogP contribution < -0.4 is 5.73 Å². The van der Waals surface area contributed by atoms with E-state index in [1.165, 1.54) is 6.33 Å². The van der Waals surface area contributed by atoms with Gasteiger partial charge in [-0.25, -0.2) is 9.97 Å². The number of pyridine rings is 2. The summed E-state index contributed by atoms with van der Waals surface area (Å²) in [6.45, 7) is -0.406. The Bertz CT molecular complexity index is 1600. The van der Waals surface area contributed by atoms with Crippen LogP contribution in [0, 0.1) is 0 Å². The topological polar surface area (TPSA) is 158 Å². The number of rotatable bonds is 5. The lowest BCUT2D eigenvalue weighted by Crippen LogP contribution is -2.08. The molecule has 11 heteroatoms. The molecule has 0 aliphatic carbocycles. The van der Waals surface area contributed by atoms with Gasteiger partial charge in [0.15, 0.2) is 12.0 Å². The number of aliphatic hydroxyl groups is 2. The Hall–Kier alpha value is -4.90. The normalized spacial score (nSPS) is 15.4. The minimum Gasteiger partial charge on any atom is -0.508 e. The van der Waals surface area contributed by atoms with Gasteiger partial charge in [-0.2, -0.15) is 0 Å². The van der Waals surface area contributed by atoms with Gasteiger partial charge < -0.3 is 20.7 Å². The van der Waals surface area contributed by atoms with Crippen molar-refractivity contribution in [2.45, 2.75) is 12.6 Å². The second-order valence-corrected chi connectivity index (χ2v) is 8.13. The molecule has 0 saturated carbocycles. The van der Waals surface area contributed by atoms with E-state index in [0.717, 1.165) is 0 Å². The summed E-state index contributed by atoms with van der Waals surface area (Å²) >= 11 is 0. The van der Waals surface area contributed by atoms with E-state index >= 15 is 0 Å². The maximum Gasteiger partial charge on any atom is 0.184 e. The second kappa shape index (κ2) is 8.71. The largest absolute Gasteiger partial charge is 0.508 e. The first-order valence-corrected chi connectivity index (χ1v) is 11.1. The van der Waals surface area contributed by atoms with Gasteiger partial charge in [-0.15, -0.1) is 10.2 Å². The van der Waals surface area contributed by atoms with Gasteiger partial charge in [0.25, 0.3) is 0 Å². The fourth-order valence-electron chi connectivity index (χ4n) is 4.30. The number of hydrogen-bond donors (Lipinski definition) is 3. The molecule has 1 atom stereocenters. The van der Waals surface area contributed by atoms with E-state index in [1.807, 2.05) is 48.7 Å². The Morgan fingerprint density at radius 2 is 1.72 bits per heavy atom. The molecule has 0 radical (unpaired) electrons. The van der Waals surface area contributed by atoms with Crippen LogP contribution in [0.25, 0.3) is 44.9 Å². The summed E-state index contributed by atoms with van der Waals surface area (Å²) < 4.78 is 7.57. The summed E-state index contributed by atoms with van der Waals surface area (Å²) in [7, 11) is 0. The number of fused-ring (bicyclic) bond motifs is 1. The SMILES string of the molecule is Nc1ncnc2c1c(-c1cc(-c3ccccn3)nnc1-c1ccccn1)cn2[C@H]1CC(O)=C(CO)O1. The summed E-state index contributed by atoms with van der Waals surface area (Å²) in [5.41, 5.74) is 10.7. The third-order valence-corrected chi connectivity index (χ3v) is 5.98. The van der Waals surface area contributed by atoms with E-state index in [9.17, 15) is 10.2 Å². The second-order valence-electron chi connectivity index (χ2n) is 8.13. The molecule has 0 bridgehead atoms. The predicted molar refractivity (Wildman–Crippen MR) is 131 cm³/mol. The molecule has 0 fully saturated rings. The molecule has 0 aromatic carbocycles. The van der Waals surface area contributed by atoms with Crippen LogP contribution in [0.3, 0.4) is 0 Å². The molecule has 36 heavy (non-hydrogen) atoms. The van der Waals surface area contributed by atoms with Gasteiger partial charge in [-0.3, -0.25) is 14.5 Å². The number of ether oxygens (including phenoxy) is 1. The number of hydrogen-bond acceptors (Lipinski definition) is 10. The molecule has 6 heterocycles. The monoisotopic (exact) mass is 480 g/mol. The van der Waals surface area contributed by atoms with E-state index in [0.29, 0.717) is 44.9 Å². The molecule has 5 aromatic rings. The summed E-state index contributed by atoms with van der Waals surface area (Å²) in [6.07, 6.45) is 6.13. The molecule has 0 amide bonds. The number of nitrogen functional groups attached to an aromatic ring is 1. The van der Waals surface area contributed by atoms with Gasteiger partial charge in [0.1, 0.15) is 41.5 Å². The van der Waals surface area contributed by atoms with Crippen molar-refractivity contribution >= 4 is 16.9 Å². The molecule has 6 rings (SSSR count). The zero-order valence-corrected chi connectivity index (χ0v) is 18.9. The van der Waals surface area contributed by atoms with Crippen molar-refractivity contribution in [1.82, 2.24) is 34.7 Å².